The molecule has 0 atom stereocenters. The van der Waals surface area contributed by atoms with Crippen LogP contribution >= 0.6 is 0 Å². The van der Waals surface area contributed by atoms with Crippen molar-refractivity contribution in [2.45, 2.75) is 6.92 Å². The minimum absolute atomic E-state index is 1.17. The second kappa shape index (κ2) is 12.7. The minimum atomic E-state index is 1.17. The van der Waals surface area contributed by atoms with Gasteiger partial charge in [0.1, 0.15) is 0 Å². The topological polar surface area (TPSA) is 9.86 Å². The van der Waals surface area contributed by atoms with Crippen LogP contribution in [0, 0.1) is 6.92 Å². The van der Waals surface area contributed by atoms with Gasteiger partial charge in [0.25, 0.3) is 0 Å². The largest absolute Gasteiger partial charge is 0.309 e. The summed E-state index contributed by atoms with van der Waals surface area (Å²) in [6.45, 7) is 2.18. The van der Waals surface area contributed by atoms with Gasteiger partial charge in [0.2, 0.25) is 0 Å². The third kappa shape index (κ3) is 5.35. The second-order valence-corrected chi connectivity index (χ2v) is 13.9. The highest BCUT2D eigenvalue weighted by molar-refractivity contribution is 6.11. The Morgan fingerprint density at radius 3 is 1.32 bits per heavy atom. The average molecular weight is 677 g/mol. The van der Waals surface area contributed by atoms with Crippen LogP contribution in [0.1, 0.15) is 16.7 Å². The second-order valence-electron chi connectivity index (χ2n) is 13.9. The fourth-order valence-electron chi connectivity index (χ4n) is 8.00. The maximum Gasteiger partial charge on any atom is 0.0541 e. The number of fused-ring (bicyclic) bond motifs is 6. The number of para-hydroxylation sites is 4. The molecule has 2 heterocycles. The van der Waals surface area contributed by atoms with Crippen LogP contribution in [0.2, 0.25) is 0 Å². The maximum absolute atomic E-state index is 2.40. The van der Waals surface area contributed by atoms with E-state index < -0.39 is 0 Å². The number of benzene rings is 8. The smallest absolute Gasteiger partial charge is 0.0541 e. The van der Waals surface area contributed by atoms with Gasteiger partial charge in [-0.1, -0.05) is 152 Å². The molecule has 2 aromatic heterocycles. The molecule has 0 bridgehead atoms. The van der Waals surface area contributed by atoms with Gasteiger partial charge in [-0.2, -0.15) is 0 Å². The number of rotatable bonds is 6. The van der Waals surface area contributed by atoms with Crippen LogP contribution in [0.25, 0.3) is 89.4 Å². The van der Waals surface area contributed by atoms with E-state index in [0.717, 1.165) is 0 Å². The van der Waals surface area contributed by atoms with Crippen LogP contribution in [0.15, 0.2) is 188 Å². The van der Waals surface area contributed by atoms with Gasteiger partial charge in [0.05, 0.1) is 22.1 Å². The molecule has 0 aliphatic heterocycles. The van der Waals surface area contributed by atoms with Crippen molar-refractivity contribution >= 4 is 55.8 Å². The summed E-state index contributed by atoms with van der Waals surface area (Å²) in [6, 6.07) is 68.1. The van der Waals surface area contributed by atoms with Crippen LogP contribution in [-0.4, -0.2) is 9.13 Å². The third-order valence-electron chi connectivity index (χ3n) is 10.7. The normalized spacial score (nSPS) is 11.8. The summed E-state index contributed by atoms with van der Waals surface area (Å²) < 4.78 is 4.76. The Labute approximate surface area is 309 Å². The van der Waals surface area contributed by atoms with E-state index in [4.69, 9.17) is 0 Å². The highest BCUT2D eigenvalue weighted by atomic mass is 15.0. The van der Waals surface area contributed by atoms with Gasteiger partial charge in [-0.25, -0.2) is 0 Å². The van der Waals surface area contributed by atoms with Gasteiger partial charge >= 0.3 is 0 Å². The fraction of sp³-hybridized carbons (Fsp3) is 0.0196. The first-order chi connectivity index (χ1) is 26.2. The van der Waals surface area contributed by atoms with Gasteiger partial charge in [-0.3, -0.25) is 0 Å². The van der Waals surface area contributed by atoms with Crippen LogP contribution in [0.3, 0.4) is 0 Å². The number of hydrogen-bond donors (Lipinski definition) is 0. The lowest BCUT2D eigenvalue weighted by Gasteiger charge is -2.11. The molecule has 10 aromatic rings. The summed E-state index contributed by atoms with van der Waals surface area (Å²) in [5, 5.41) is 5.11. The molecule has 0 fully saturated rings. The van der Waals surface area contributed by atoms with Crippen LogP contribution < -0.4 is 0 Å². The van der Waals surface area contributed by atoms with Crippen molar-refractivity contribution in [2.75, 3.05) is 0 Å². The molecule has 10 rings (SSSR count). The summed E-state index contributed by atoms with van der Waals surface area (Å²) in [5.74, 6) is 0. The van der Waals surface area contributed by atoms with Crippen molar-refractivity contribution in [3.8, 4) is 33.6 Å². The Morgan fingerprint density at radius 1 is 0.340 bits per heavy atom. The van der Waals surface area contributed by atoms with Crippen molar-refractivity contribution in [3.63, 3.8) is 0 Å². The van der Waals surface area contributed by atoms with E-state index in [9.17, 15) is 0 Å². The third-order valence-corrected chi connectivity index (χ3v) is 10.7. The van der Waals surface area contributed by atoms with Gasteiger partial charge in [0.15, 0.2) is 0 Å². The summed E-state index contributed by atoms with van der Waals surface area (Å²) >= 11 is 0. The average Bonchev–Trinajstić information content (AvgIpc) is 3.73. The Bertz CT molecular complexity index is 2920. The first kappa shape index (κ1) is 30.9. The molecule has 0 unspecified atom stereocenters. The Balaban J connectivity index is 0.877. The Kier molecular flexibility index (Phi) is 7.40. The van der Waals surface area contributed by atoms with Gasteiger partial charge < -0.3 is 9.13 Å². The van der Waals surface area contributed by atoms with Gasteiger partial charge in [-0.05, 0) is 94.4 Å². The highest BCUT2D eigenvalue weighted by Gasteiger charge is 2.15. The molecule has 0 radical (unpaired) electrons. The number of nitrogens with zero attached hydrogens (tertiary/aromatic N) is 2. The Morgan fingerprint density at radius 2 is 0.755 bits per heavy atom. The summed E-state index contributed by atoms with van der Waals surface area (Å²) in [5.41, 5.74) is 15.8. The SMILES string of the molecule is Cc1ccccc1-n1c2ccccc2c2cc(-c3ccc(C=Cc4ccc(-c5ccc(-n6c7ccccc7c7ccccc76)cc5)cc4)cc3)ccc21. The first-order valence-electron chi connectivity index (χ1n) is 18.3. The van der Waals surface area contributed by atoms with E-state index in [1.54, 1.807) is 0 Å². The predicted octanol–water partition coefficient (Wildman–Crippen LogP) is 13.7. The van der Waals surface area contributed by atoms with Crippen LogP contribution in [0.5, 0.6) is 0 Å². The standard InChI is InChI=1S/C51H36N2/c1-35-10-2-6-14-47(35)53-50-17-9-5-13-45(50)46-34-41(30-33-51(46)53)40-26-22-37(23-27-40)19-18-36-20-24-38(25-21-36)39-28-31-42(32-29-39)52-48-15-7-3-11-43(48)44-12-4-8-16-49(44)52/h2-34H,1H3. The van der Waals surface area contributed by atoms with Crippen LogP contribution in [-0.2, 0) is 0 Å². The zero-order chi connectivity index (χ0) is 35.3. The summed E-state index contributed by atoms with van der Waals surface area (Å²) in [6.07, 6.45) is 4.38. The van der Waals surface area contributed by atoms with Crippen molar-refractivity contribution in [1.82, 2.24) is 9.13 Å². The summed E-state index contributed by atoms with van der Waals surface area (Å²) in [7, 11) is 0. The predicted molar refractivity (Wildman–Crippen MR) is 226 cm³/mol. The molecule has 0 aliphatic rings. The summed E-state index contributed by atoms with van der Waals surface area (Å²) in [4.78, 5) is 0. The molecule has 0 N–H and O–H groups in total. The molecule has 2 nitrogen and oxygen atoms in total. The molecule has 0 spiro atoms. The molecule has 8 aromatic carbocycles. The molecule has 2 heteroatoms. The van der Waals surface area contributed by atoms with E-state index in [0.29, 0.717) is 0 Å². The Hall–Kier alpha value is -6.90. The van der Waals surface area contributed by atoms with E-state index in [1.165, 1.54) is 93.9 Å². The van der Waals surface area contributed by atoms with E-state index in [2.05, 4.69) is 216 Å². The quantitative estimate of drug-likeness (QED) is 0.155. The van der Waals surface area contributed by atoms with E-state index in [-0.39, 0.29) is 0 Å². The highest BCUT2D eigenvalue weighted by Crippen LogP contribution is 2.36. The molecule has 0 saturated carbocycles. The number of aryl methyl sites for hydroxylation is 1. The van der Waals surface area contributed by atoms with E-state index >= 15 is 0 Å². The number of aromatic nitrogens is 2. The lowest BCUT2D eigenvalue weighted by Crippen LogP contribution is -1.96. The molecule has 0 aliphatic carbocycles. The lowest BCUT2D eigenvalue weighted by atomic mass is 10.0. The van der Waals surface area contributed by atoms with Crippen molar-refractivity contribution in [1.29, 1.82) is 0 Å². The monoisotopic (exact) mass is 676 g/mol. The molecule has 0 amide bonds. The van der Waals surface area contributed by atoms with Crippen LogP contribution in [0.4, 0.5) is 0 Å². The van der Waals surface area contributed by atoms with Crippen molar-refractivity contribution in [3.05, 3.63) is 205 Å². The van der Waals surface area contributed by atoms with Crippen molar-refractivity contribution < 1.29 is 0 Å². The zero-order valence-electron chi connectivity index (χ0n) is 29.4. The van der Waals surface area contributed by atoms with Crippen molar-refractivity contribution in [2.24, 2.45) is 0 Å². The van der Waals surface area contributed by atoms with Gasteiger partial charge in [-0.15, -0.1) is 0 Å². The minimum Gasteiger partial charge on any atom is -0.309 e. The lowest BCUT2D eigenvalue weighted by molar-refractivity contribution is 1.15. The molecule has 250 valence electrons. The zero-order valence-corrected chi connectivity index (χ0v) is 29.4. The number of hydrogen-bond acceptors (Lipinski definition) is 0. The maximum atomic E-state index is 2.40. The van der Waals surface area contributed by atoms with E-state index in [1.807, 2.05) is 0 Å². The molecule has 0 saturated heterocycles. The fourth-order valence-corrected chi connectivity index (χ4v) is 8.00. The molecule has 53 heavy (non-hydrogen) atoms. The first-order valence-corrected chi connectivity index (χ1v) is 18.3. The molecular weight excluding hydrogens is 641 g/mol. The molecular formula is C51H36N2. The van der Waals surface area contributed by atoms with Gasteiger partial charge in [0, 0.05) is 32.9 Å².